The van der Waals surface area contributed by atoms with Crippen LogP contribution < -0.4 is 11.1 Å². The molecule has 0 aliphatic rings. The minimum absolute atomic E-state index is 0.0818. The molecular formula is C16H20N2O3. The van der Waals surface area contributed by atoms with Crippen LogP contribution in [-0.4, -0.2) is 24.2 Å². The lowest BCUT2D eigenvalue weighted by Crippen LogP contribution is -2.28. The molecule has 1 atom stereocenters. The van der Waals surface area contributed by atoms with E-state index in [0.717, 1.165) is 5.56 Å². The van der Waals surface area contributed by atoms with Crippen LogP contribution in [0.5, 0.6) is 0 Å². The second-order valence-electron chi connectivity index (χ2n) is 4.84. The second kappa shape index (κ2) is 7.61. The minimum Gasteiger partial charge on any atom is -0.467 e. The molecule has 112 valence electrons. The molecule has 0 aliphatic carbocycles. The van der Waals surface area contributed by atoms with Gasteiger partial charge < -0.3 is 20.6 Å². The highest BCUT2D eigenvalue weighted by Crippen LogP contribution is 2.18. The number of carbonyl (C=O) groups is 1. The van der Waals surface area contributed by atoms with Crippen LogP contribution >= 0.6 is 0 Å². The summed E-state index contributed by atoms with van der Waals surface area (Å²) in [5.41, 5.74) is 7.01. The number of amides is 1. The number of nitrogens with two attached hydrogens (primary N) is 1. The number of rotatable bonds is 7. The highest BCUT2D eigenvalue weighted by atomic mass is 16.3. The third-order valence-electron chi connectivity index (χ3n) is 3.37. The molecule has 2 aromatic rings. The number of aliphatic hydroxyl groups is 1. The number of hydrogen-bond acceptors (Lipinski definition) is 4. The van der Waals surface area contributed by atoms with Gasteiger partial charge in [0.15, 0.2) is 0 Å². The number of hydrogen-bond donors (Lipinski definition) is 3. The van der Waals surface area contributed by atoms with E-state index in [1.165, 1.54) is 6.26 Å². The summed E-state index contributed by atoms with van der Waals surface area (Å²) in [6.45, 7) is 0.815. The topological polar surface area (TPSA) is 88.5 Å². The first-order valence-corrected chi connectivity index (χ1v) is 6.96. The first-order chi connectivity index (χ1) is 10.2. The Morgan fingerprint density at radius 2 is 2.10 bits per heavy atom. The van der Waals surface area contributed by atoms with Crippen LogP contribution in [0.4, 0.5) is 0 Å². The average Bonchev–Trinajstić information content (AvgIpc) is 3.01. The van der Waals surface area contributed by atoms with E-state index >= 15 is 0 Å². The van der Waals surface area contributed by atoms with Gasteiger partial charge in [-0.1, -0.05) is 30.3 Å². The second-order valence-corrected chi connectivity index (χ2v) is 4.84. The Labute approximate surface area is 123 Å². The Morgan fingerprint density at radius 3 is 2.71 bits per heavy atom. The molecule has 0 bridgehead atoms. The molecule has 5 nitrogen and oxygen atoms in total. The molecule has 1 heterocycles. The Morgan fingerprint density at radius 1 is 1.33 bits per heavy atom. The van der Waals surface area contributed by atoms with E-state index in [1.54, 1.807) is 6.07 Å². The molecule has 1 unspecified atom stereocenters. The predicted molar refractivity (Wildman–Crippen MR) is 79.8 cm³/mol. The van der Waals surface area contributed by atoms with Crippen molar-refractivity contribution in [2.75, 3.05) is 13.2 Å². The standard InChI is InChI=1S/C16H20N2O3/c17-9-15-8-14(11-21-15)16(20)18-10-13(6-7-19)12-4-2-1-3-5-12/h1-5,8,11,13,19H,6-7,9-10,17H2,(H,18,20). The van der Waals surface area contributed by atoms with Gasteiger partial charge in [-0.3, -0.25) is 4.79 Å². The maximum absolute atomic E-state index is 12.0. The molecule has 0 radical (unpaired) electrons. The van der Waals surface area contributed by atoms with Gasteiger partial charge in [-0.15, -0.1) is 0 Å². The van der Waals surface area contributed by atoms with Crippen LogP contribution in [0, 0.1) is 0 Å². The summed E-state index contributed by atoms with van der Waals surface area (Å²) >= 11 is 0. The summed E-state index contributed by atoms with van der Waals surface area (Å²) in [5, 5.41) is 12.0. The number of nitrogens with one attached hydrogen (secondary N) is 1. The van der Waals surface area contributed by atoms with Gasteiger partial charge in [-0.2, -0.15) is 0 Å². The SMILES string of the molecule is NCc1cc(C(=O)NCC(CCO)c2ccccc2)co1. The summed E-state index contributed by atoms with van der Waals surface area (Å²) in [7, 11) is 0. The zero-order valence-electron chi connectivity index (χ0n) is 11.8. The normalized spacial score (nSPS) is 12.1. The number of carbonyl (C=O) groups excluding carboxylic acids is 1. The maximum atomic E-state index is 12.0. The molecule has 1 aromatic heterocycles. The van der Waals surface area contributed by atoms with Crippen molar-refractivity contribution in [1.82, 2.24) is 5.32 Å². The van der Waals surface area contributed by atoms with Crippen molar-refractivity contribution < 1.29 is 14.3 Å². The number of benzene rings is 1. The molecule has 5 heteroatoms. The van der Waals surface area contributed by atoms with Gasteiger partial charge >= 0.3 is 0 Å². The molecule has 0 aliphatic heterocycles. The first kappa shape index (κ1) is 15.3. The maximum Gasteiger partial charge on any atom is 0.254 e. The Balaban J connectivity index is 1.97. The van der Waals surface area contributed by atoms with Gasteiger partial charge in [0.05, 0.1) is 12.1 Å². The average molecular weight is 288 g/mol. The summed E-state index contributed by atoms with van der Waals surface area (Å²) in [5.74, 6) is 0.466. The van der Waals surface area contributed by atoms with E-state index in [4.69, 9.17) is 10.2 Å². The van der Waals surface area contributed by atoms with Crippen molar-refractivity contribution in [3.8, 4) is 0 Å². The van der Waals surface area contributed by atoms with Crippen molar-refractivity contribution in [1.29, 1.82) is 0 Å². The Hall–Kier alpha value is -2.11. The van der Waals surface area contributed by atoms with Gasteiger partial charge in [0.1, 0.15) is 12.0 Å². The Bertz CT molecular complexity index is 566. The third kappa shape index (κ3) is 4.18. The van der Waals surface area contributed by atoms with Crippen LogP contribution in [0.1, 0.15) is 34.0 Å². The molecule has 4 N–H and O–H groups in total. The zero-order chi connectivity index (χ0) is 15.1. The Kier molecular flexibility index (Phi) is 5.54. The van der Waals surface area contributed by atoms with E-state index in [2.05, 4.69) is 5.32 Å². The molecular weight excluding hydrogens is 268 g/mol. The van der Waals surface area contributed by atoms with E-state index in [0.29, 0.717) is 24.3 Å². The fraction of sp³-hybridized carbons (Fsp3) is 0.312. The molecule has 0 saturated heterocycles. The predicted octanol–water partition coefficient (Wildman–Crippen LogP) is 1.63. The molecule has 2 rings (SSSR count). The lowest BCUT2D eigenvalue weighted by Gasteiger charge is -2.16. The molecule has 0 fully saturated rings. The largest absolute Gasteiger partial charge is 0.467 e. The highest BCUT2D eigenvalue weighted by molar-refractivity contribution is 5.94. The summed E-state index contributed by atoms with van der Waals surface area (Å²) < 4.78 is 5.15. The van der Waals surface area contributed by atoms with Crippen LogP contribution in [-0.2, 0) is 6.54 Å². The van der Waals surface area contributed by atoms with Crippen LogP contribution in [0.15, 0.2) is 47.1 Å². The number of aliphatic hydroxyl groups excluding tert-OH is 1. The van der Waals surface area contributed by atoms with E-state index in [-0.39, 0.29) is 25.0 Å². The molecule has 0 saturated carbocycles. The van der Waals surface area contributed by atoms with Crippen LogP contribution in [0.3, 0.4) is 0 Å². The summed E-state index contributed by atoms with van der Waals surface area (Å²) in [6, 6.07) is 11.5. The fourth-order valence-corrected chi connectivity index (χ4v) is 2.19. The monoisotopic (exact) mass is 288 g/mol. The van der Waals surface area contributed by atoms with E-state index in [9.17, 15) is 9.90 Å². The molecule has 0 spiro atoms. The fourth-order valence-electron chi connectivity index (χ4n) is 2.19. The third-order valence-corrected chi connectivity index (χ3v) is 3.37. The smallest absolute Gasteiger partial charge is 0.254 e. The van der Waals surface area contributed by atoms with Crippen molar-refractivity contribution in [2.24, 2.45) is 5.73 Å². The van der Waals surface area contributed by atoms with Gasteiger partial charge in [-0.05, 0) is 18.1 Å². The zero-order valence-corrected chi connectivity index (χ0v) is 11.8. The lowest BCUT2D eigenvalue weighted by molar-refractivity contribution is 0.0948. The van der Waals surface area contributed by atoms with Crippen molar-refractivity contribution in [2.45, 2.75) is 18.9 Å². The van der Waals surface area contributed by atoms with Gasteiger partial charge in [0.2, 0.25) is 0 Å². The van der Waals surface area contributed by atoms with Gasteiger partial charge in [0.25, 0.3) is 5.91 Å². The minimum atomic E-state index is -0.197. The van der Waals surface area contributed by atoms with Crippen LogP contribution in [0.2, 0.25) is 0 Å². The van der Waals surface area contributed by atoms with E-state index < -0.39 is 0 Å². The van der Waals surface area contributed by atoms with E-state index in [1.807, 2.05) is 30.3 Å². The quantitative estimate of drug-likeness (QED) is 0.722. The van der Waals surface area contributed by atoms with Crippen molar-refractivity contribution in [3.63, 3.8) is 0 Å². The highest BCUT2D eigenvalue weighted by Gasteiger charge is 2.14. The number of furan rings is 1. The van der Waals surface area contributed by atoms with Crippen molar-refractivity contribution in [3.05, 3.63) is 59.5 Å². The van der Waals surface area contributed by atoms with Gasteiger partial charge in [0, 0.05) is 19.1 Å². The van der Waals surface area contributed by atoms with Crippen LogP contribution in [0.25, 0.3) is 0 Å². The summed E-state index contributed by atoms with van der Waals surface area (Å²) in [6.07, 6.45) is 2.00. The lowest BCUT2D eigenvalue weighted by atomic mass is 9.96. The molecule has 21 heavy (non-hydrogen) atoms. The molecule has 1 aromatic carbocycles. The van der Waals surface area contributed by atoms with Crippen molar-refractivity contribution >= 4 is 5.91 Å². The van der Waals surface area contributed by atoms with Gasteiger partial charge in [-0.25, -0.2) is 0 Å². The summed E-state index contributed by atoms with van der Waals surface area (Å²) in [4.78, 5) is 12.0. The first-order valence-electron chi connectivity index (χ1n) is 6.96. The molecule has 1 amide bonds.